The molecule has 0 atom stereocenters. The van der Waals surface area contributed by atoms with E-state index in [4.69, 9.17) is 5.73 Å². The summed E-state index contributed by atoms with van der Waals surface area (Å²) < 4.78 is 23.7. The molecule has 0 saturated carbocycles. The molecular formula is C4H6ClF2N3. The number of hydrogen-bond donors (Lipinski definition) is 1. The van der Waals surface area contributed by atoms with E-state index in [1.165, 1.54) is 6.07 Å². The van der Waals surface area contributed by atoms with E-state index in [0.717, 1.165) is 6.20 Å². The van der Waals surface area contributed by atoms with Crippen LogP contribution in [-0.2, 0) is 0 Å². The van der Waals surface area contributed by atoms with Gasteiger partial charge in [-0.2, -0.15) is 13.9 Å². The molecule has 1 aromatic rings. The number of nitrogen functional groups attached to an aromatic ring is 1. The van der Waals surface area contributed by atoms with Crippen molar-refractivity contribution < 1.29 is 8.78 Å². The van der Waals surface area contributed by atoms with Gasteiger partial charge in [0.15, 0.2) is 0 Å². The fourth-order valence-electron chi connectivity index (χ4n) is 0.461. The van der Waals surface area contributed by atoms with E-state index < -0.39 is 6.55 Å². The van der Waals surface area contributed by atoms with E-state index in [2.05, 4.69) is 5.10 Å². The molecular weight excluding hydrogens is 164 g/mol. The molecule has 0 bridgehead atoms. The minimum atomic E-state index is -2.60. The maximum absolute atomic E-state index is 11.6. The van der Waals surface area contributed by atoms with Gasteiger partial charge in [-0.1, -0.05) is 0 Å². The first-order valence-electron chi connectivity index (χ1n) is 2.29. The molecule has 6 heteroatoms. The maximum Gasteiger partial charge on any atom is 0.333 e. The lowest BCUT2D eigenvalue weighted by Crippen LogP contribution is -1.98. The summed E-state index contributed by atoms with van der Waals surface area (Å²) in [5, 5.41) is 3.25. The van der Waals surface area contributed by atoms with Crippen molar-refractivity contribution in [2.75, 3.05) is 5.73 Å². The second-order valence-electron chi connectivity index (χ2n) is 1.50. The minimum Gasteiger partial charge on any atom is -0.382 e. The molecule has 0 aromatic carbocycles. The third kappa shape index (κ3) is 1.84. The van der Waals surface area contributed by atoms with Gasteiger partial charge in [0, 0.05) is 12.3 Å². The second kappa shape index (κ2) is 3.36. The second-order valence-corrected chi connectivity index (χ2v) is 1.50. The highest BCUT2D eigenvalue weighted by atomic mass is 35.5. The molecule has 0 amide bonds. The first kappa shape index (κ1) is 9.16. The van der Waals surface area contributed by atoms with Gasteiger partial charge in [0.1, 0.15) is 5.82 Å². The summed E-state index contributed by atoms with van der Waals surface area (Å²) in [6.45, 7) is -2.60. The number of nitrogens with zero attached hydrogens (tertiary/aromatic N) is 2. The lowest BCUT2D eigenvalue weighted by molar-refractivity contribution is 0.0569. The Labute approximate surface area is 62.2 Å². The lowest BCUT2D eigenvalue weighted by Gasteiger charge is -1.94. The zero-order valence-corrected chi connectivity index (χ0v) is 5.68. The molecule has 0 radical (unpaired) electrons. The van der Waals surface area contributed by atoms with Crippen LogP contribution in [-0.4, -0.2) is 9.78 Å². The summed E-state index contributed by atoms with van der Waals surface area (Å²) in [6, 6.07) is 1.31. The summed E-state index contributed by atoms with van der Waals surface area (Å²) in [7, 11) is 0. The van der Waals surface area contributed by atoms with Gasteiger partial charge in [0.2, 0.25) is 0 Å². The van der Waals surface area contributed by atoms with E-state index in [1.54, 1.807) is 0 Å². The van der Waals surface area contributed by atoms with Crippen LogP contribution in [0, 0.1) is 0 Å². The number of anilines is 1. The smallest absolute Gasteiger partial charge is 0.333 e. The number of nitrogens with two attached hydrogens (primary N) is 1. The van der Waals surface area contributed by atoms with E-state index in [-0.39, 0.29) is 18.2 Å². The average Bonchev–Trinajstić information content (AvgIpc) is 2.14. The van der Waals surface area contributed by atoms with E-state index >= 15 is 0 Å². The van der Waals surface area contributed by atoms with Crippen molar-refractivity contribution in [3.8, 4) is 0 Å². The first-order chi connectivity index (χ1) is 4.20. The first-order valence-corrected chi connectivity index (χ1v) is 2.29. The number of halogens is 3. The van der Waals surface area contributed by atoms with Crippen molar-refractivity contribution in [1.82, 2.24) is 9.78 Å². The fourth-order valence-corrected chi connectivity index (χ4v) is 0.461. The van der Waals surface area contributed by atoms with Gasteiger partial charge in [0.05, 0.1) is 0 Å². The normalized spacial score (nSPS) is 9.50. The van der Waals surface area contributed by atoms with Crippen LogP contribution < -0.4 is 5.73 Å². The molecule has 0 fully saturated rings. The lowest BCUT2D eigenvalue weighted by atomic mass is 10.7. The molecule has 1 aromatic heterocycles. The molecule has 0 aliphatic heterocycles. The largest absolute Gasteiger partial charge is 0.382 e. The van der Waals surface area contributed by atoms with E-state index in [9.17, 15) is 8.78 Å². The summed E-state index contributed by atoms with van der Waals surface area (Å²) in [6.07, 6.45) is 1.12. The number of hydrogen-bond acceptors (Lipinski definition) is 2. The van der Waals surface area contributed by atoms with Gasteiger partial charge in [-0.15, -0.1) is 12.4 Å². The molecule has 3 nitrogen and oxygen atoms in total. The fraction of sp³-hybridized carbons (Fsp3) is 0.250. The van der Waals surface area contributed by atoms with Crippen LogP contribution in [0.5, 0.6) is 0 Å². The van der Waals surface area contributed by atoms with Crippen molar-refractivity contribution in [2.45, 2.75) is 6.55 Å². The number of rotatable bonds is 1. The van der Waals surface area contributed by atoms with Gasteiger partial charge >= 0.3 is 6.55 Å². The average molecular weight is 170 g/mol. The molecule has 0 aliphatic carbocycles. The molecule has 0 saturated heterocycles. The third-order valence-electron chi connectivity index (χ3n) is 0.829. The summed E-state index contributed by atoms with van der Waals surface area (Å²) in [5.41, 5.74) is 5.05. The Morgan fingerprint density at radius 1 is 1.60 bits per heavy atom. The van der Waals surface area contributed by atoms with Crippen LogP contribution >= 0.6 is 12.4 Å². The number of aromatic nitrogens is 2. The van der Waals surface area contributed by atoms with Crippen LogP contribution in [0.2, 0.25) is 0 Å². The highest BCUT2D eigenvalue weighted by Gasteiger charge is 2.04. The van der Waals surface area contributed by atoms with E-state index in [1.807, 2.05) is 0 Å². The predicted octanol–water partition coefficient (Wildman–Crippen LogP) is 1.28. The van der Waals surface area contributed by atoms with Crippen LogP contribution in [0.15, 0.2) is 12.3 Å². The van der Waals surface area contributed by atoms with Crippen molar-refractivity contribution in [3.63, 3.8) is 0 Å². The monoisotopic (exact) mass is 169 g/mol. The summed E-state index contributed by atoms with van der Waals surface area (Å²) in [5.74, 6) is 0.107. The van der Waals surface area contributed by atoms with Gasteiger partial charge in [0.25, 0.3) is 0 Å². The SMILES string of the molecule is Cl.Nc1ccn(C(F)F)n1. The van der Waals surface area contributed by atoms with Crippen LogP contribution in [0.25, 0.3) is 0 Å². The highest BCUT2D eigenvalue weighted by molar-refractivity contribution is 5.85. The standard InChI is InChI=1S/C4H5F2N3.ClH/c5-4(6)9-2-1-3(7)8-9;/h1-2,4H,(H2,7,8);1H. The van der Waals surface area contributed by atoms with Crippen molar-refractivity contribution in [2.24, 2.45) is 0 Å². The van der Waals surface area contributed by atoms with Gasteiger partial charge in [-0.25, -0.2) is 4.68 Å². The van der Waals surface area contributed by atoms with E-state index in [0.29, 0.717) is 4.68 Å². The van der Waals surface area contributed by atoms with Crippen LogP contribution in [0.1, 0.15) is 6.55 Å². The molecule has 10 heavy (non-hydrogen) atoms. The Morgan fingerprint density at radius 3 is 2.40 bits per heavy atom. The number of alkyl halides is 2. The quantitative estimate of drug-likeness (QED) is 0.688. The minimum absolute atomic E-state index is 0. The third-order valence-corrected chi connectivity index (χ3v) is 0.829. The molecule has 0 unspecified atom stereocenters. The topological polar surface area (TPSA) is 43.8 Å². The molecule has 58 valence electrons. The summed E-state index contributed by atoms with van der Waals surface area (Å²) >= 11 is 0. The van der Waals surface area contributed by atoms with Gasteiger partial charge in [-0.05, 0) is 0 Å². The zero-order valence-electron chi connectivity index (χ0n) is 4.87. The molecule has 0 aliphatic rings. The maximum atomic E-state index is 11.6. The van der Waals surface area contributed by atoms with Crippen molar-refractivity contribution in [1.29, 1.82) is 0 Å². The predicted molar refractivity (Wildman–Crippen MR) is 35.1 cm³/mol. The van der Waals surface area contributed by atoms with Crippen molar-refractivity contribution in [3.05, 3.63) is 12.3 Å². The highest BCUT2D eigenvalue weighted by Crippen LogP contribution is 2.08. The Kier molecular flexibility index (Phi) is 3.08. The molecule has 1 rings (SSSR count). The Bertz CT molecular complexity index is 200. The Hall–Kier alpha value is -0.840. The Morgan fingerprint density at radius 2 is 2.20 bits per heavy atom. The van der Waals surface area contributed by atoms with Gasteiger partial charge in [-0.3, -0.25) is 0 Å². The van der Waals surface area contributed by atoms with Crippen molar-refractivity contribution >= 4 is 18.2 Å². The van der Waals surface area contributed by atoms with Crippen LogP contribution in [0.4, 0.5) is 14.6 Å². The van der Waals surface area contributed by atoms with Gasteiger partial charge < -0.3 is 5.73 Å². The molecule has 1 heterocycles. The summed E-state index contributed by atoms with van der Waals surface area (Å²) in [4.78, 5) is 0. The zero-order chi connectivity index (χ0) is 6.85. The Balaban J connectivity index is 0.000000810. The van der Waals surface area contributed by atoms with Crippen LogP contribution in [0.3, 0.4) is 0 Å². The molecule has 2 N–H and O–H groups in total. The molecule has 0 spiro atoms.